The smallest absolute Gasteiger partial charge is 0.316 e. The fourth-order valence-corrected chi connectivity index (χ4v) is 2.78. The first-order valence-corrected chi connectivity index (χ1v) is 7.75. The highest BCUT2D eigenvalue weighted by molar-refractivity contribution is 5.95. The van der Waals surface area contributed by atoms with Gasteiger partial charge in [-0.15, -0.1) is 0 Å². The lowest BCUT2D eigenvalue weighted by molar-refractivity contribution is -0.148. The van der Waals surface area contributed by atoms with Crippen molar-refractivity contribution in [2.45, 2.75) is 13.3 Å². The summed E-state index contributed by atoms with van der Waals surface area (Å²) in [5.74, 6) is -0.631. The van der Waals surface area contributed by atoms with E-state index in [-0.39, 0.29) is 0 Å². The first-order chi connectivity index (χ1) is 12.0. The molecule has 0 aromatic heterocycles. The van der Waals surface area contributed by atoms with E-state index in [1.54, 1.807) is 30.6 Å². The minimum Gasteiger partial charge on any atom is -0.468 e. The van der Waals surface area contributed by atoms with Crippen LogP contribution < -0.4 is 10.2 Å². The maximum atomic E-state index is 12.1. The predicted molar refractivity (Wildman–Crippen MR) is 91.6 cm³/mol. The van der Waals surface area contributed by atoms with Gasteiger partial charge in [0, 0.05) is 0 Å². The van der Waals surface area contributed by atoms with Crippen molar-refractivity contribution >= 4 is 11.9 Å². The summed E-state index contributed by atoms with van der Waals surface area (Å²) in [6.45, 7) is 5.55. The van der Waals surface area contributed by atoms with Crippen LogP contribution in [0, 0.1) is 11.3 Å². The van der Waals surface area contributed by atoms with Crippen LogP contribution in [0.1, 0.15) is 13.3 Å². The van der Waals surface area contributed by atoms with Crippen LogP contribution in [-0.4, -0.2) is 24.2 Å². The molecule has 2 atom stereocenters. The van der Waals surface area contributed by atoms with Gasteiger partial charge in [0.15, 0.2) is 0 Å². The fourth-order valence-electron chi connectivity index (χ4n) is 2.78. The molecular formula is C19H21NO5. The van der Waals surface area contributed by atoms with Crippen molar-refractivity contribution < 1.29 is 24.3 Å². The summed E-state index contributed by atoms with van der Waals surface area (Å²) in [7, 11) is 1.27. The number of carbonyl (C=O) groups excluding carboxylic acids is 2. The van der Waals surface area contributed by atoms with Crippen molar-refractivity contribution in [3.63, 3.8) is 0 Å². The van der Waals surface area contributed by atoms with Crippen molar-refractivity contribution in [3.05, 3.63) is 66.5 Å². The molecule has 0 heterocycles. The molecule has 1 aliphatic rings. The molecule has 25 heavy (non-hydrogen) atoms. The van der Waals surface area contributed by atoms with Gasteiger partial charge in [-0.1, -0.05) is 42.5 Å². The van der Waals surface area contributed by atoms with E-state index in [4.69, 9.17) is 14.7 Å². The first kappa shape index (κ1) is 18.5. The zero-order valence-electron chi connectivity index (χ0n) is 14.2. The summed E-state index contributed by atoms with van der Waals surface area (Å²) in [6.07, 6.45) is 5.35. The van der Waals surface area contributed by atoms with Crippen molar-refractivity contribution in [1.82, 2.24) is 5.48 Å². The minimum absolute atomic E-state index is 0.295. The van der Waals surface area contributed by atoms with E-state index in [0.717, 1.165) is 0 Å². The summed E-state index contributed by atoms with van der Waals surface area (Å²) in [5.41, 5.74) is 1.22. The highest BCUT2D eigenvalue weighted by atomic mass is 16.5. The second kappa shape index (κ2) is 7.81. The maximum absolute atomic E-state index is 12.1. The summed E-state index contributed by atoms with van der Waals surface area (Å²) >= 11 is 0. The third-order valence-electron chi connectivity index (χ3n) is 4.26. The molecule has 6 nitrogen and oxygen atoms in total. The number of hydrogen-bond donors (Lipinski definition) is 2. The van der Waals surface area contributed by atoms with Crippen molar-refractivity contribution in [2.75, 3.05) is 7.11 Å². The Balaban J connectivity index is 2.07. The second-order valence-electron chi connectivity index (χ2n) is 5.79. The monoisotopic (exact) mass is 343 g/mol. The van der Waals surface area contributed by atoms with Crippen LogP contribution in [0.25, 0.3) is 0 Å². The zero-order chi connectivity index (χ0) is 18.4. The number of hydrogen-bond acceptors (Lipinski definition) is 5. The molecule has 1 fully saturated rings. The fraction of sp³-hybridized carbons (Fsp3) is 0.263. The molecule has 2 rings (SSSR count). The van der Waals surface area contributed by atoms with Gasteiger partial charge in [-0.3, -0.25) is 14.8 Å². The second-order valence-corrected chi connectivity index (χ2v) is 5.79. The van der Waals surface area contributed by atoms with Crippen LogP contribution in [0.2, 0.25) is 0 Å². The van der Waals surface area contributed by atoms with Crippen LogP contribution in [0.15, 0.2) is 66.5 Å². The van der Waals surface area contributed by atoms with Crippen LogP contribution in [0.5, 0.6) is 5.75 Å². The van der Waals surface area contributed by atoms with E-state index in [9.17, 15) is 9.59 Å². The molecule has 2 N–H and O–H groups in total. The molecule has 1 aliphatic carbocycles. The zero-order valence-corrected chi connectivity index (χ0v) is 14.2. The largest absolute Gasteiger partial charge is 0.468 e. The number of nitrogens with one attached hydrogen (secondary N) is 1. The van der Waals surface area contributed by atoms with Gasteiger partial charge in [-0.2, -0.15) is 0 Å². The molecule has 0 saturated heterocycles. The Bertz CT molecular complexity index is 723. The number of rotatable bonds is 7. The Labute approximate surface area is 146 Å². The highest BCUT2D eigenvalue weighted by Crippen LogP contribution is 2.58. The third kappa shape index (κ3) is 3.97. The summed E-state index contributed by atoms with van der Waals surface area (Å²) in [4.78, 5) is 23.8. The molecule has 0 bridgehead atoms. The van der Waals surface area contributed by atoms with E-state index in [1.807, 2.05) is 30.3 Å². The molecule has 6 heteroatoms. The summed E-state index contributed by atoms with van der Waals surface area (Å²) in [6, 6.07) is 9.23. The highest BCUT2D eigenvalue weighted by Gasteiger charge is 2.65. The molecular weight excluding hydrogens is 322 g/mol. The van der Waals surface area contributed by atoms with Crippen molar-refractivity contribution in [1.29, 1.82) is 0 Å². The van der Waals surface area contributed by atoms with Crippen molar-refractivity contribution in [2.24, 2.45) is 11.3 Å². The first-order valence-electron chi connectivity index (χ1n) is 7.75. The standard InChI is InChI=1S/C19H21NO5/c1-13(19(18(22)24-3)12-16(19)17(21)20-23)8-7-9-14(2)25-15-10-5-4-6-11-15/h4-11,16,23H,2,12H2,1,3H3,(H,20,21)/b9-7-,13-8+/t16-,19-/m0/s1. The number of amides is 1. The van der Waals surface area contributed by atoms with Crippen molar-refractivity contribution in [3.8, 4) is 5.75 Å². The molecule has 0 radical (unpaired) electrons. The van der Waals surface area contributed by atoms with Gasteiger partial charge >= 0.3 is 5.97 Å². The van der Waals surface area contributed by atoms with Gasteiger partial charge in [0.25, 0.3) is 0 Å². The third-order valence-corrected chi connectivity index (χ3v) is 4.26. The normalized spacial score (nSPS) is 22.4. The minimum atomic E-state index is -1.03. The van der Waals surface area contributed by atoms with E-state index < -0.39 is 23.2 Å². The lowest BCUT2D eigenvalue weighted by Crippen LogP contribution is -2.29. The van der Waals surface area contributed by atoms with Gasteiger partial charge < -0.3 is 9.47 Å². The van der Waals surface area contributed by atoms with Crippen LogP contribution >= 0.6 is 0 Å². The number of allylic oxidation sites excluding steroid dienone is 3. The number of hydroxylamine groups is 1. The van der Waals surface area contributed by atoms with E-state index >= 15 is 0 Å². The molecule has 0 spiro atoms. The van der Waals surface area contributed by atoms with E-state index in [1.165, 1.54) is 7.11 Å². The van der Waals surface area contributed by atoms with Gasteiger partial charge in [-0.25, -0.2) is 5.48 Å². The van der Waals surface area contributed by atoms with Gasteiger partial charge in [0.1, 0.15) is 16.9 Å². The van der Waals surface area contributed by atoms with Crippen LogP contribution in [-0.2, 0) is 14.3 Å². The summed E-state index contributed by atoms with van der Waals surface area (Å²) in [5, 5.41) is 8.79. The molecule has 1 amide bonds. The maximum Gasteiger partial charge on any atom is 0.316 e. The molecule has 132 valence electrons. The summed E-state index contributed by atoms with van der Waals surface area (Å²) < 4.78 is 10.4. The lowest BCUT2D eigenvalue weighted by Gasteiger charge is -2.15. The van der Waals surface area contributed by atoms with Gasteiger partial charge in [0.2, 0.25) is 5.91 Å². The predicted octanol–water partition coefficient (Wildman–Crippen LogP) is 2.77. The Morgan fingerprint density at radius 2 is 2.04 bits per heavy atom. The number of carbonyl (C=O) groups is 2. The molecule has 1 aromatic carbocycles. The van der Waals surface area contributed by atoms with E-state index in [2.05, 4.69) is 6.58 Å². The molecule has 0 unspecified atom stereocenters. The molecule has 1 aromatic rings. The number of methoxy groups -OCH3 is 1. The number of ether oxygens (including phenoxy) is 2. The Morgan fingerprint density at radius 3 is 2.64 bits per heavy atom. The Morgan fingerprint density at radius 1 is 1.36 bits per heavy atom. The number of benzene rings is 1. The molecule has 0 aliphatic heterocycles. The SMILES string of the molecule is C=C(/C=C\C=C(/C)[C@@]1(C(=O)OC)C[C@H]1C(=O)NO)Oc1ccccc1. The van der Waals surface area contributed by atoms with Crippen LogP contribution in [0.4, 0.5) is 0 Å². The quantitative estimate of drug-likeness (QED) is 0.261. The molecule has 1 saturated carbocycles. The average molecular weight is 343 g/mol. The number of esters is 1. The van der Waals surface area contributed by atoms with Crippen LogP contribution in [0.3, 0.4) is 0 Å². The Kier molecular flexibility index (Phi) is 5.77. The van der Waals surface area contributed by atoms with Gasteiger partial charge in [0.05, 0.1) is 13.0 Å². The lowest BCUT2D eigenvalue weighted by atomic mass is 9.93. The average Bonchev–Trinajstić information content (AvgIpc) is 3.38. The van der Waals surface area contributed by atoms with Gasteiger partial charge in [-0.05, 0) is 31.6 Å². The number of para-hydroxylation sites is 1. The topological polar surface area (TPSA) is 84.9 Å². The van der Waals surface area contributed by atoms with E-state index in [0.29, 0.717) is 23.5 Å². The Hall–Kier alpha value is -2.86.